The number of halogens is 1. The predicted molar refractivity (Wildman–Crippen MR) is 61.0 cm³/mol. The Labute approximate surface area is 89.9 Å². The van der Waals surface area contributed by atoms with Crippen LogP contribution in [0.4, 0.5) is 5.69 Å². The van der Waals surface area contributed by atoms with Gasteiger partial charge in [-0.15, -0.1) is 0 Å². The molecule has 1 aromatic carbocycles. The van der Waals surface area contributed by atoms with Crippen LogP contribution in [0.2, 0.25) is 5.02 Å². The number of aliphatic hydroxyl groups excluding tert-OH is 1. The number of rotatable bonds is 5. The molecule has 2 N–H and O–H groups in total. The highest BCUT2D eigenvalue weighted by Crippen LogP contribution is 2.19. The summed E-state index contributed by atoms with van der Waals surface area (Å²) in [6.07, 6.45) is 1.83. The average Bonchev–Trinajstić information content (AvgIpc) is 2.15. The predicted octanol–water partition coefficient (Wildman–Crippen LogP) is 2.83. The van der Waals surface area contributed by atoms with Crippen molar-refractivity contribution in [2.75, 3.05) is 18.5 Å². The Kier molecular flexibility index (Phi) is 4.77. The summed E-state index contributed by atoms with van der Waals surface area (Å²) >= 11 is 5.84. The molecule has 0 saturated carbocycles. The van der Waals surface area contributed by atoms with Crippen LogP contribution in [0, 0.1) is 6.92 Å². The summed E-state index contributed by atoms with van der Waals surface area (Å²) in [6.45, 7) is 3.19. The lowest BCUT2D eigenvalue weighted by molar-refractivity contribution is 0.286. The standard InChI is InChI=1S/C11H16ClNO/c1-9-8-10(12)4-5-11(9)13-6-2-3-7-14/h4-5,8,13-14H,2-3,6-7H2,1H3. The molecule has 78 valence electrons. The van der Waals surface area contributed by atoms with Gasteiger partial charge in [0.1, 0.15) is 0 Å². The van der Waals surface area contributed by atoms with E-state index in [1.807, 2.05) is 25.1 Å². The number of hydrogen-bond donors (Lipinski definition) is 2. The van der Waals surface area contributed by atoms with Gasteiger partial charge in [0.15, 0.2) is 0 Å². The topological polar surface area (TPSA) is 32.3 Å². The summed E-state index contributed by atoms with van der Waals surface area (Å²) < 4.78 is 0. The molecule has 3 heteroatoms. The molecule has 0 atom stereocenters. The number of aliphatic hydroxyl groups is 1. The van der Waals surface area contributed by atoms with Crippen LogP contribution in [0.5, 0.6) is 0 Å². The van der Waals surface area contributed by atoms with Gasteiger partial charge in [-0.05, 0) is 43.5 Å². The van der Waals surface area contributed by atoms with E-state index in [9.17, 15) is 0 Å². The summed E-state index contributed by atoms with van der Waals surface area (Å²) in [5, 5.41) is 12.7. The molecule has 0 aromatic heterocycles. The van der Waals surface area contributed by atoms with E-state index in [0.717, 1.165) is 35.7 Å². The molecule has 0 bridgehead atoms. The van der Waals surface area contributed by atoms with E-state index in [0.29, 0.717) is 0 Å². The smallest absolute Gasteiger partial charge is 0.0431 e. The first-order valence-electron chi connectivity index (χ1n) is 4.85. The van der Waals surface area contributed by atoms with E-state index < -0.39 is 0 Å². The highest BCUT2D eigenvalue weighted by molar-refractivity contribution is 6.30. The fraction of sp³-hybridized carbons (Fsp3) is 0.455. The zero-order valence-electron chi connectivity index (χ0n) is 8.39. The fourth-order valence-corrected chi connectivity index (χ4v) is 1.51. The van der Waals surface area contributed by atoms with Crippen molar-refractivity contribution in [3.8, 4) is 0 Å². The Balaban J connectivity index is 2.42. The summed E-state index contributed by atoms with van der Waals surface area (Å²) in [6, 6.07) is 5.80. The van der Waals surface area contributed by atoms with Gasteiger partial charge in [0.25, 0.3) is 0 Å². The molecule has 0 spiro atoms. The SMILES string of the molecule is Cc1cc(Cl)ccc1NCCCCO. The average molecular weight is 214 g/mol. The summed E-state index contributed by atoms with van der Waals surface area (Å²) in [4.78, 5) is 0. The van der Waals surface area contributed by atoms with Gasteiger partial charge in [0, 0.05) is 23.9 Å². The van der Waals surface area contributed by atoms with Crippen LogP contribution in [-0.4, -0.2) is 18.3 Å². The normalized spacial score (nSPS) is 10.2. The first kappa shape index (κ1) is 11.3. The molecule has 1 aromatic rings. The molecule has 0 amide bonds. The Morgan fingerprint density at radius 3 is 2.79 bits per heavy atom. The van der Waals surface area contributed by atoms with Crippen LogP contribution in [0.15, 0.2) is 18.2 Å². The molecule has 0 aliphatic rings. The second-order valence-corrected chi connectivity index (χ2v) is 3.75. The van der Waals surface area contributed by atoms with E-state index in [2.05, 4.69) is 5.32 Å². The van der Waals surface area contributed by atoms with Gasteiger partial charge in [-0.25, -0.2) is 0 Å². The third-order valence-corrected chi connectivity index (χ3v) is 2.32. The van der Waals surface area contributed by atoms with Crippen molar-refractivity contribution in [2.24, 2.45) is 0 Å². The van der Waals surface area contributed by atoms with E-state index in [4.69, 9.17) is 16.7 Å². The lowest BCUT2D eigenvalue weighted by atomic mass is 10.2. The van der Waals surface area contributed by atoms with Gasteiger partial charge in [-0.1, -0.05) is 11.6 Å². The largest absolute Gasteiger partial charge is 0.396 e. The third kappa shape index (κ3) is 3.56. The molecule has 0 fully saturated rings. The number of unbranched alkanes of at least 4 members (excludes halogenated alkanes) is 1. The van der Waals surface area contributed by atoms with Crippen LogP contribution >= 0.6 is 11.6 Å². The highest BCUT2D eigenvalue weighted by atomic mass is 35.5. The van der Waals surface area contributed by atoms with Crippen LogP contribution in [0.3, 0.4) is 0 Å². The fourth-order valence-electron chi connectivity index (χ4n) is 1.29. The summed E-state index contributed by atoms with van der Waals surface area (Å²) in [5.41, 5.74) is 2.27. The number of aryl methyl sites for hydroxylation is 1. The number of hydrogen-bond acceptors (Lipinski definition) is 2. The van der Waals surface area contributed by atoms with E-state index in [-0.39, 0.29) is 6.61 Å². The minimum Gasteiger partial charge on any atom is -0.396 e. The van der Waals surface area contributed by atoms with Crippen LogP contribution in [0.25, 0.3) is 0 Å². The van der Waals surface area contributed by atoms with Gasteiger partial charge in [0.2, 0.25) is 0 Å². The van der Waals surface area contributed by atoms with E-state index in [1.54, 1.807) is 0 Å². The molecule has 0 aliphatic carbocycles. The molecule has 14 heavy (non-hydrogen) atoms. The van der Waals surface area contributed by atoms with Crippen molar-refractivity contribution in [3.05, 3.63) is 28.8 Å². The molecular weight excluding hydrogens is 198 g/mol. The minimum absolute atomic E-state index is 0.265. The lowest BCUT2D eigenvalue weighted by Crippen LogP contribution is -2.03. The Hall–Kier alpha value is -0.730. The molecule has 2 nitrogen and oxygen atoms in total. The minimum atomic E-state index is 0.265. The maximum Gasteiger partial charge on any atom is 0.0431 e. The summed E-state index contributed by atoms with van der Waals surface area (Å²) in [7, 11) is 0. The number of benzene rings is 1. The maximum atomic E-state index is 8.61. The Morgan fingerprint density at radius 1 is 1.36 bits per heavy atom. The highest BCUT2D eigenvalue weighted by Gasteiger charge is 1.97. The van der Waals surface area contributed by atoms with Gasteiger partial charge in [-0.3, -0.25) is 0 Å². The molecule has 0 heterocycles. The second-order valence-electron chi connectivity index (χ2n) is 3.32. The van der Waals surface area contributed by atoms with Crippen LogP contribution in [0.1, 0.15) is 18.4 Å². The van der Waals surface area contributed by atoms with Crippen molar-refractivity contribution >= 4 is 17.3 Å². The second kappa shape index (κ2) is 5.89. The zero-order chi connectivity index (χ0) is 10.4. The van der Waals surface area contributed by atoms with Crippen molar-refractivity contribution in [1.82, 2.24) is 0 Å². The monoisotopic (exact) mass is 213 g/mol. The van der Waals surface area contributed by atoms with Gasteiger partial charge in [0.05, 0.1) is 0 Å². The molecule has 0 saturated heterocycles. The third-order valence-electron chi connectivity index (χ3n) is 2.09. The van der Waals surface area contributed by atoms with Crippen LogP contribution in [-0.2, 0) is 0 Å². The number of anilines is 1. The van der Waals surface area contributed by atoms with Crippen LogP contribution < -0.4 is 5.32 Å². The van der Waals surface area contributed by atoms with Crippen molar-refractivity contribution in [2.45, 2.75) is 19.8 Å². The maximum absolute atomic E-state index is 8.61. The Bertz CT molecular complexity index is 289. The molecular formula is C11H16ClNO. The molecule has 0 unspecified atom stereocenters. The molecule has 1 rings (SSSR count). The van der Waals surface area contributed by atoms with Gasteiger partial charge in [-0.2, -0.15) is 0 Å². The van der Waals surface area contributed by atoms with Gasteiger partial charge >= 0.3 is 0 Å². The summed E-state index contributed by atoms with van der Waals surface area (Å²) in [5.74, 6) is 0. The van der Waals surface area contributed by atoms with Crippen molar-refractivity contribution < 1.29 is 5.11 Å². The van der Waals surface area contributed by atoms with E-state index in [1.165, 1.54) is 0 Å². The first-order valence-corrected chi connectivity index (χ1v) is 5.22. The molecule has 0 radical (unpaired) electrons. The zero-order valence-corrected chi connectivity index (χ0v) is 9.14. The quantitative estimate of drug-likeness (QED) is 0.738. The lowest BCUT2D eigenvalue weighted by Gasteiger charge is -2.08. The van der Waals surface area contributed by atoms with E-state index >= 15 is 0 Å². The van der Waals surface area contributed by atoms with Gasteiger partial charge < -0.3 is 10.4 Å². The first-order chi connectivity index (χ1) is 6.74. The Morgan fingerprint density at radius 2 is 2.14 bits per heavy atom. The molecule has 0 aliphatic heterocycles. The van der Waals surface area contributed by atoms with Crippen molar-refractivity contribution in [1.29, 1.82) is 0 Å². The number of nitrogens with one attached hydrogen (secondary N) is 1. The van der Waals surface area contributed by atoms with Crippen molar-refractivity contribution in [3.63, 3.8) is 0 Å².